The molecule has 28 heavy (non-hydrogen) atoms. The number of carbonyl (C=O) groups is 1. The zero-order valence-corrected chi connectivity index (χ0v) is 17.3. The van der Waals surface area contributed by atoms with Crippen LogP contribution in [0.1, 0.15) is 50.9 Å². The highest BCUT2D eigenvalue weighted by Crippen LogP contribution is 2.21. The maximum Gasteiger partial charge on any atom is 0.251 e. The van der Waals surface area contributed by atoms with E-state index in [1.165, 1.54) is 0 Å². The van der Waals surface area contributed by atoms with Crippen LogP contribution in [0.5, 0.6) is 0 Å². The van der Waals surface area contributed by atoms with Crippen LogP contribution in [0.2, 0.25) is 0 Å². The van der Waals surface area contributed by atoms with E-state index in [0.29, 0.717) is 29.5 Å². The van der Waals surface area contributed by atoms with Crippen molar-refractivity contribution >= 4 is 11.7 Å². The Morgan fingerprint density at radius 2 is 1.79 bits per heavy atom. The molecule has 2 N–H and O–H groups in total. The molecule has 1 saturated carbocycles. The van der Waals surface area contributed by atoms with Crippen molar-refractivity contribution in [3.63, 3.8) is 0 Å². The molecule has 0 saturated heterocycles. The van der Waals surface area contributed by atoms with Gasteiger partial charge in [0, 0.05) is 48.5 Å². The molecule has 1 aliphatic carbocycles. The second kappa shape index (κ2) is 9.15. The van der Waals surface area contributed by atoms with Gasteiger partial charge in [-0.1, -0.05) is 12.1 Å². The molecule has 1 heterocycles. The fourth-order valence-electron chi connectivity index (χ4n) is 3.29. The Balaban J connectivity index is 1.60. The van der Waals surface area contributed by atoms with Crippen LogP contribution in [0.15, 0.2) is 36.5 Å². The molecule has 3 rings (SSSR count). The van der Waals surface area contributed by atoms with Gasteiger partial charge in [0.2, 0.25) is 0 Å². The van der Waals surface area contributed by atoms with E-state index < -0.39 is 0 Å². The lowest BCUT2D eigenvalue weighted by atomic mass is 10.1. The van der Waals surface area contributed by atoms with Crippen LogP contribution in [0, 0.1) is 0 Å². The number of hydrogen-bond acceptors (Lipinski definition) is 5. The summed E-state index contributed by atoms with van der Waals surface area (Å²) in [6, 6.07) is 10.7. The van der Waals surface area contributed by atoms with Crippen LogP contribution in [0.25, 0.3) is 11.4 Å². The summed E-state index contributed by atoms with van der Waals surface area (Å²) >= 11 is 0. The standard InChI is InChI=1S/C22H31N5O/c1-15(2)27(16(3)4)14-13-23-20-11-12-24-21(26-20)17-5-7-18(8-6-17)22(28)25-19-9-10-19/h5-8,11-12,15-16,19H,9-10,13-14H2,1-4H3,(H,25,28)(H,23,24,26). The minimum atomic E-state index is -0.00903. The minimum Gasteiger partial charge on any atom is -0.369 e. The second-order valence-electron chi connectivity index (χ2n) is 7.94. The van der Waals surface area contributed by atoms with Gasteiger partial charge < -0.3 is 10.6 Å². The van der Waals surface area contributed by atoms with Crippen LogP contribution in [-0.2, 0) is 0 Å². The zero-order chi connectivity index (χ0) is 20.1. The number of aromatic nitrogens is 2. The molecule has 0 bridgehead atoms. The van der Waals surface area contributed by atoms with Gasteiger partial charge in [-0.25, -0.2) is 9.97 Å². The van der Waals surface area contributed by atoms with Crippen molar-refractivity contribution in [2.45, 2.75) is 58.7 Å². The van der Waals surface area contributed by atoms with E-state index in [0.717, 1.165) is 37.3 Å². The molecule has 1 aliphatic rings. The minimum absolute atomic E-state index is 0.00903. The Hall–Kier alpha value is -2.47. The number of anilines is 1. The summed E-state index contributed by atoms with van der Waals surface area (Å²) in [4.78, 5) is 23.6. The Labute approximate surface area is 167 Å². The van der Waals surface area contributed by atoms with Crippen molar-refractivity contribution in [2.24, 2.45) is 0 Å². The van der Waals surface area contributed by atoms with Gasteiger partial charge in [-0.3, -0.25) is 9.69 Å². The van der Waals surface area contributed by atoms with E-state index in [2.05, 4.69) is 53.2 Å². The van der Waals surface area contributed by atoms with Gasteiger partial charge in [-0.15, -0.1) is 0 Å². The molecule has 1 aromatic heterocycles. The predicted octanol–water partition coefficient (Wildman–Crippen LogP) is 3.57. The smallest absolute Gasteiger partial charge is 0.251 e. The van der Waals surface area contributed by atoms with E-state index in [1.807, 2.05) is 30.3 Å². The number of amides is 1. The number of rotatable bonds is 9. The quantitative estimate of drug-likeness (QED) is 0.695. The molecule has 0 atom stereocenters. The Morgan fingerprint density at radius 1 is 1.11 bits per heavy atom. The zero-order valence-electron chi connectivity index (χ0n) is 17.3. The molecule has 2 aromatic rings. The van der Waals surface area contributed by atoms with Gasteiger partial charge in [-0.2, -0.15) is 0 Å². The molecule has 150 valence electrons. The van der Waals surface area contributed by atoms with Crippen LogP contribution < -0.4 is 10.6 Å². The number of hydrogen-bond donors (Lipinski definition) is 2. The summed E-state index contributed by atoms with van der Waals surface area (Å²) in [5, 5.41) is 6.40. The first-order valence-electron chi connectivity index (χ1n) is 10.2. The second-order valence-corrected chi connectivity index (χ2v) is 7.94. The first-order chi connectivity index (χ1) is 13.4. The van der Waals surface area contributed by atoms with E-state index in [4.69, 9.17) is 0 Å². The van der Waals surface area contributed by atoms with Crippen molar-refractivity contribution < 1.29 is 4.79 Å². The molecule has 0 radical (unpaired) electrons. The first kappa shape index (κ1) is 20.3. The summed E-state index contributed by atoms with van der Waals surface area (Å²) < 4.78 is 0. The normalized spacial score (nSPS) is 14.0. The maximum atomic E-state index is 12.1. The number of nitrogens with zero attached hydrogens (tertiary/aromatic N) is 3. The fraction of sp³-hybridized carbons (Fsp3) is 0.500. The topological polar surface area (TPSA) is 70.2 Å². The van der Waals surface area contributed by atoms with Gasteiger partial charge >= 0.3 is 0 Å². The number of nitrogens with one attached hydrogen (secondary N) is 2. The van der Waals surface area contributed by atoms with Crippen molar-refractivity contribution in [3.8, 4) is 11.4 Å². The lowest BCUT2D eigenvalue weighted by molar-refractivity contribution is 0.0951. The summed E-state index contributed by atoms with van der Waals surface area (Å²) in [5.74, 6) is 1.46. The van der Waals surface area contributed by atoms with E-state index in [9.17, 15) is 4.79 Å². The van der Waals surface area contributed by atoms with E-state index >= 15 is 0 Å². The predicted molar refractivity (Wildman–Crippen MR) is 113 cm³/mol. The van der Waals surface area contributed by atoms with Crippen molar-refractivity contribution in [1.82, 2.24) is 20.2 Å². The highest BCUT2D eigenvalue weighted by molar-refractivity contribution is 5.94. The average Bonchev–Trinajstić information content (AvgIpc) is 3.49. The number of benzene rings is 1. The molecule has 6 nitrogen and oxygen atoms in total. The maximum absolute atomic E-state index is 12.1. The summed E-state index contributed by atoms with van der Waals surface area (Å²) in [6.45, 7) is 10.7. The highest BCUT2D eigenvalue weighted by atomic mass is 16.1. The highest BCUT2D eigenvalue weighted by Gasteiger charge is 2.23. The van der Waals surface area contributed by atoms with Crippen LogP contribution in [0.3, 0.4) is 0 Å². The lowest BCUT2D eigenvalue weighted by Gasteiger charge is -2.30. The number of carbonyl (C=O) groups excluding carboxylic acids is 1. The molecule has 0 unspecified atom stereocenters. The Bertz CT molecular complexity index is 776. The molecule has 1 amide bonds. The summed E-state index contributed by atoms with van der Waals surface area (Å²) in [5.41, 5.74) is 1.57. The molecule has 1 fully saturated rings. The SMILES string of the molecule is CC(C)N(CCNc1ccnc(-c2ccc(C(=O)NC3CC3)cc2)n1)C(C)C. The van der Waals surface area contributed by atoms with Gasteiger partial charge in [-0.05, 0) is 58.7 Å². The molecule has 1 aromatic carbocycles. The van der Waals surface area contributed by atoms with Crippen molar-refractivity contribution in [2.75, 3.05) is 18.4 Å². The van der Waals surface area contributed by atoms with Gasteiger partial charge in [0.15, 0.2) is 5.82 Å². The Morgan fingerprint density at radius 3 is 2.39 bits per heavy atom. The summed E-state index contributed by atoms with van der Waals surface area (Å²) in [6.07, 6.45) is 3.94. The largest absolute Gasteiger partial charge is 0.369 e. The van der Waals surface area contributed by atoms with Gasteiger partial charge in [0.1, 0.15) is 5.82 Å². The van der Waals surface area contributed by atoms with Gasteiger partial charge in [0.25, 0.3) is 5.91 Å². The fourth-order valence-corrected chi connectivity index (χ4v) is 3.29. The average molecular weight is 382 g/mol. The van der Waals surface area contributed by atoms with Crippen molar-refractivity contribution in [3.05, 3.63) is 42.1 Å². The molecule has 6 heteroatoms. The third-order valence-corrected chi connectivity index (χ3v) is 4.98. The van der Waals surface area contributed by atoms with E-state index in [-0.39, 0.29) is 5.91 Å². The molecule has 0 aliphatic heterocycles. The van der Waals surface area contributed by atoms with Crippen LogP contribution in [0.4, 0.5) is 5.82 Å². The third-order valence-electron chi connectivity index (χ3n) is 4.98. The third kappa shape index (κ3) is 5.52. The van der Waals surface area contributed by atoms with Gasteiger partial charge in [0.05, 0.1) is 0 Å². The molecular weight excluding hydrogens is 350 g/mol. The van der Waals surface area contributed by atoms with Crippen LogP contribution >= 0.6 is 0 Å². The van der Waals surface area contributed by atoms with E-state index in [1.54, 1.807) is 6.20 Å². The Kier molecular flexibility index (Phi) is 6.62. The monoisotopic (exact) mass is 381 g/mol. The summed E-state index contributed by atoms with van der Waals surface area (Å²) in [7, 11) is 0. The molecule has 0 spiro atoms. The lowest BCUT2D eigenvalue weighted by Crippen LogP contribution is -2.40. The molecular formula is C22H31N5O. The van der Waals surface area contributed by atoms with Crippen LogP contribution in [-0.4, -0.2) is 52.0 Å². The first-order valence-corrected chi connectivity index (χ1v) is 10.2. The van der Waals surface area contributed by atoms with Crippen molar-refractivity contribution in [1.29, 1.82) is 0 Å².